The fraction of sp³-hybridized carbons (Fsp3) is 0.500. The average molecular weight is 465 g/mol. The number of nitrogens with zero attached hydrogens (tertiary/aromatic N) is 3. The second kappa shape index (κ2) is 7.85. The molecule has 2 aromatic rings. The van der Waals surface area contributed by atoms with Crippen molar-refractivity contribution in [1.29, 1.82) is 0 Å². The van der Waals surface area contributed by atoms with E-state index >= 15 is 0 Å². The summed E-state index contributed by atoms with van der Waals surface area (Å²) in [4.78, 5) is 24.9. The highest BCUT2D eigenvalue weighted by molar-refractivity contribution is 6.08. The van der Waals surface area contributed by atoms with Gasteiger partial charge in [-0.15, -0.1) is 0 Å². The minimum atomic E-state index is -1.08. The van der Waals surface area contributed by atoms with Crippen molar-refractivity contribution in [3.8, 4) is 11.1 Å². The van der Waals surface area contributed by atoms with E-state index in [9.17, 15) is 9.18 Å². The number of guanidine groups is 1. The molecule has 2 atom stereocenters. The predicted octanol–water partition coefficient (Wildman–Crippen LogP) is 3.16. The van der Waals surface area contributed by atoms with Crippen LogP contribution in [0, 0.1) is 11.2 Å². The number of ether oxygens (including phenoxy) is 2. The highest BCUT2D eigenvalue weighted by atomic mass is 19.1. The number of rotatable bonds is 4. The van der Waals surface area contributed by atoms with Crippen molar-refractivity contribution in [2.24, 2.45) is 16.1 Å². The minimum Gasteiger partial charge on any atom is -0.381 e. The predicted molar refractivity (Wildman–Crippen MR) is 124 cm³/mol. The van der Waals surface area contributed by atoms with Gasteiger partial charge in [0.05, 0.1) is 24.9 Å². The van der Waals surface area contributed by atoms with E-state index in [0.717, 1.165) is 55.2 Å². The minimum absolute atomic E-state index is 0.00129. The van der Waals surface area contributed by atoms with Crippen molar-refractivity contribution >= 4 is 11.9 Å². The summed E-state index contributed by atoms with van der Waals surface area (Å²) in [5.74, 6) is -0.197. The van der Waals surface area contributed by atoms with E-state index in [4.69, 9.17) is 20.2 Å². The summed E-state index contributed by atoms with van der Waals surface area (Å²) in [6, 6.07) is 7.51. The molecular formula is C26H29FN4O3. The number of benzene rings is 1. The van der Waals surface area contributed by atoms with Crippen LogP contribution in [-0.2, 0) is 26.2 Å². The molecule has 8 heteroatoms. The highest BCUT2D eigenvalue weighted by Gasteiger charge is 2.66. The van der Waals surface area contributed by atoms with Gasteiger partial charge in [-0.3, -0.25) is 14.7 Å². The van der Waals surface area contributed by atoms with Crippen LogP contribution in [0.4, 0.5) is 4.39 Å². The van der Waals surface area contributed by atoms with E-state index in [0.29, 0.717) is 18.7 Å². The maximum atomic E-state index is 14.3. The van der Waals surface area contributed by atoms with Crippen molar-refractivity contribution in [3.05, 3.63) is 53.6 Å². The van der Waals surface area contributed by atoms with E-state index in [1.807, 2.05) is 12.1 Å². The van der Waals surface area contributed by atoms with Crippen molar-refractivity contribution in [3.63, 3.8) is 0 Å². The van der Waals surface area contributed by atoms with Crippen LogP contribution >= 0.6 is 0 Å². The van der Waals surface area contributed by atoms with Gasteiger partial charge in [-0.1, -0.05) is 12.1 Å². The summed E-state index contributed by atoms with van der Waals surface area (Å²) >= 11 is 0. The smallest absolute Gasteiger partial charge is 0.262 e. The monoisotopic (exact) mass is 464 g/mol. The first-order valence-electron chi connectivity index (χ1n) is 12.0. The molecular weight excluding hydrogens is 435 g/mol. The van der Waals surface area contributed by atoms with Gasteiger partial charge in [-0.05, 0) is 67.3 Å². The highest BCUT2D eigenvalue weighted by Crippen LogP contribution is 2.62. The maximum absolute atomic E-state index is 14.3. The summed E-state index contributed by atoms with van der Waals surface area (Å²) < 4.78 is 25.2. The number of methoxy groups -OCH3 is 1. The quantitative estimate of drug-likeness (QED) is 0.751. The zero-order chi connectivity index (χ0) is 23.5. The van der Waals surface area contributed by atoms with Gasteiger partial charge < -0.3 is 15.2 Å². The lowest BCUT2D eigenvalue weighted by atomic mass is 9.61. The van der Waals surface area contributed by atoms with Gasteiger partial charge in [0.15, 0.2) is 11.5 Å². The molecule has 1 saturated heterocycles. The lowest BCUT2D eigenvalue weighted by Gasteiger charge is -2.45. The summed E-state index contributed by atoms with van der Waals surface area (Å²) in [6.07, 6.45) is 8.10. The Morgan fingerprint density at radius 1 is 1.21 bits per heavy atom. The molecule has 34 heavy (non-hydrogen) atoms. The third kappa shape index (κ3) is 3.04. The summed E-state index contributed by atoms with van der Waals surface area (Å²) in [5.41, 5.74) is 8.47. The second-order valence-corrected chi connectivity index (χ2v) is 10.0. The number of halogens is 1. The summed E-state index contributed by atoms with van der Waals surface area (Å²) in [5, 5.41) is 0. The molecule has 2 aliphatic heterocycles. The molecule has 1 aromatic heterocycles. The Morgan fingerprint density at radius 3 is 2.68 bits per heavy atom. The van der Waals surface area contributed by atoms with Crippen LogP contribution in [0.5, 0.6) is 0 Å². The van der Waals surface area contributed by atoms with E-state index in [1.54, 1.807) is 18.2 Å². The normalized spacial score (nSPS) is 32.2. The first kappa shape index (κ1) is 21.7. The number of pyridine rings is 1. The molecule has 178 valence electrons. The van der Waals surface area contributed by atoms with Crippen molar-refractivity contribution < 1.29 is 18.7 Å². The number of aromatic nitrogens is 1. The van der Waals surface area contributed by atoms with E-state index in [2.05, 4.69) is 11.1 Å². The first-order valence-corrected chi connectivity index (χ1v) is 12.0. The van der Waals surface area contributed by atoms with Gasteiger partial charge in [0.2, 0.25) is 0 Å². The third-order valence-electron chi connectivity index (χ3n) is 8.35. The Hall–Kier alpha value is -2.84. The van der Waals surface area contributed by atoms with Crippen LogP contribution in [0.3, 0.4) is 0 Å². The maximum Gasteiger partial charge on any atom is 0.262 e. The topological polar surface area (TPSA) is 90.0 Å². The molecule has 0 bridgehead atoms. The molecule has 2 N–H and O–H groups in total. The lowest BCUT2D eigenvalue weighted by molar-refractivity contribution is -0.141. The standard InChI is InChI=1S/C26H29FN4O3/c1-33-20-4-7-25(8-5-20)12-17-3-2-16(18-10-19(27)14-29-13-18)11-22(17)26(25)23(32)31(24(28)30-26)15-21-6-9-34-21/h2-3,10-11,13-14,20-21H,4-9,12,15H2,1H3,(H2,28,30). The fourth-order valence-corrected chi connectivity index (χ4v) is 6.42. The van der Waals surface area contributed by atoms with Gasteiger partial charge in [-0.2, -0.15) is 0 Å². The number of aliphatic imine (C=N–C) groups is 1. The number of nitrogens with two attached hydrogens (primary N) is 1. The molecule has 7 nitrogen and oxygen atoms in total. The number of carbonyl (C=O) groups excluding carboxylic acids is 1. The Balaban J connectivity index is 1.47. The first-order chi connectivity index (χ1) is 16.5. The summed E-state index contributed by atoms with van der Waals surface area (Å²) in [7, 11) is 1.75. The SMILES string of the molecule is COC1CCC2(CC1)Cc1ccc(-c3cncc(F)c3)cc1C21N=C(N)N(CC2CCO2)C1=O. The molecule has 1 aromatic carbocycles. The molecule has 6 rings (SSSR count). The third-order valence-corrected chi connectivity index (χ3v) is 8.35. The molecule has 2 unspecified atom stereocenters. The van der Waals surface area contributed by atoms with Crippen molar-refractivity contribution in [2.45, 2.75) is 56.3 Å². The number of hydrogen-bond donors (Lipinski definition) is 1. The molecule has 4 aliphatic rings. The Kier molecular flexibility index (Phi) is 5.00. The Labute approximate surface area is 198 Å². The molecule has 1 amide bonds. The van der Waals surface area contributed by atoms with Crippen LogP contribution in [0.15, 0.2) is 41.7 Å². The van der Waals surface area contributed by atoms with E-state index < -0.39 is 11.4 Å². The van der Waals surface area contributed by atoms with Gasteiger partial charge in [0, 0.05) is 30.9 Å². The van der Waals surface area contributed by atoms with E-state index in [1.165, 1.54) is 12.3 Å². The molecule has 2 fully saturated rings. The van der Waals surface area contributed by atoms with Crippen molar-refractivity contribution in [2.75, 3.05) is 20.3 Å². The van der Waals surface area contributed by atoms with E-state index in [-0.39, 0.29) is 29.5 Å². The molecule has 2 aliphatic carbocycles. The number of fused-ring (bicyclic) bond motifs is 3. The van der Waals surface area contributed by atoms with Crippen molar-refractivity contribution in [1.82, 2.24) is 9.88 Å². The van der Waals surface area contributed by atoms with Crippen LogP contribution in [-0.4, -0.2) is 54.2 Å². The van der Waals surface area contributed by atoms with Crippen LogP contribution in [0.2, 0.25) is 0 Å². The molecule has 2 spiro atoms. The zero-order valence-corrected chi connectivity index (χ0v) is 19.3. The number of amides is 1. The fourth-order valence-electron chi connectivity index (χ4n) is 6.42. The lowest BCUT2D eigenvalue weighted by Crippen LogP contribution is -2.54. The second-order valence-electron chi connectivity index (χ2n) is 10.0. The summed E-state index contributed by atoms with van der Waals surface area (Å²) in [6.45, 7) is 1.14. The molecule has 1 saturated carbocycles. The number of carbonyl (C=O) groups is 1. The average Bonchev–Trinajstić information content (AvgIpc) is 3.22. The van der Waals surface area contributed by atoms with Gasteiger partial charge in [-0.25, -0.2) is 9.38 Å². The van der Waals surface area contributed by atoms with Gasteiger partial charge in [0.1, 0.15) is 5.82 Å². The Bertz CT molecular complexity index is 1170. The Morgan fingerprint density at radius 2 is 2.00 bits per heavy atom. The zero-order valence-electron chi connectivity index (χ0n) is 19.3. The molecule has 0 radical (unpaired) electrons. The van der Waals surface area contributed by atoms with Gasteiger partial charge in [0.25, 0.3) is 5.91 Å². The van der Waals surface area contributed by atoms with Crippen LogP contribution in [0.25, 0.3) is 11.1 Å². The molecule has 3 heterocycles. The van der Waals surface area contributed by atoms with Crippen LogP contribution < -0.4 is 5.73 Å². The largest absolute Gasteiger partial charge is 0.381 e. The van der Waals surface area contributed by atoms with Crippen LogP contribution in [0.1, 0.15) is 43.2 Å². The van der Waals surface area contributed by atoms with Gasteiger partial charge >= 0.3 is 0 Å². The number of hydrogen-bond acceptors (Lipinski definition) is 6.